The second-order valence-corrected chi connectivity index (χ2v) is 3.53. The summed E-state index contributed by atoms with van der Waals surface area (Å²) >= 11 is 0. The highest BCUT2D eigenvalue weighted by atomic mass is 16.3. The largest absolute Gasteiger partial charge is 0.508 e. The molecule has 1 heterocycles. The maximum Gasteiger partial charge on any atom is 0.130 e. The van der Waals surface area contributed by atoms with E-state index in [4.69, 9.17) is 11.5 Å². The number of phenols is 1. The molecule has 0 fully saturated rings. The summed E-state index contributed by atoms with van der Waals surface area (Å²) in [5.41, 5.74) is 13.1. The molecule has 16 heavy (non-hydrogen) atoms. The van der Waals surface area contributed by atoms with Gasteiger partial charge < -0.3 is 16.6 Å². The van der Waals surface area contributed by atoms with Gasteiger partial charge in [0.2, 0.25) is 0 Å². The van der Waals surface area contributed by atoms with E-state index in [1.807, 2.05) is 6.07 Å². The lowest BCUT2D eigenvalue weighted by Gasteiger charge is -2.05. The molecular formula is C11H14N4O. The van der Waals surface area contributed by atoms with Gasteiger partial charge in [0.1, 0.15) is 11.6 Å². The van der Waals surface area contributed by atoms with Crippen molar-refractivity contribution < 1.29 is 5.11 Å². The Kier molecular flexibility index (Phi) is 2.78. The molecule has 84 valence electrons. The normalized spacial score (nSPS) is 10.6. The van der Waals surface area contributed by atoms with E-state index >= 15 is 0 Å². The van der Waals surface area contributed by atoms with Gasteiger partial charge in [-0.1, -0.05) is 6.07 Å². The van der Waals surface area contributed by atoms with E-state index in [9.17, 15) is 5.11 Å². The third-order valence-electron chi connectivity index (χ3n) is 2.37. The first kappa shape index (κ1) is 10.5. The molecule has 0 atom stereocenters. The summed E-state index contributed by atoms with van der Waals surface area (Å²) in [4.78, 5) is 0. The standard InChI is InChI=1S/C11H14N4O/c12-5-4-8-7-14-15(11(8)13)9-2-1-3-10(16)6-9/h1-3,6-7,16H,4-5,12-13H2. The summed E-state index contributed by atoms with van der Waals surface area (Å²) in [6.07, 6.45) is 2.40. The molecule has 0 aliphatic rings. The van der Waals surface area contributed by atoms with Crippen LogP contribution < -0.4 is 11.5 Å². The number of aromatic nitrogens is 2. The Labute approximate surface area is 93.3 Å². The topological polar surface area (TPSA) is 90.1 Å². The quantitative estimate of drug-likeness (QED) is 0.706. The van der Waals surface area contributed by atoms with E-state index in [0.29, 0.717) is 18.8 Å². The summed E-state index contributed by atoms with van der Waals surface area (Å²) in [5.74, 6) is 0.754. The first-order valence-electron chi connectivity index (χ1n) is 5.04. The third kappa shape index (κ3) is 1.85. The third-order valence-corrected chi connectivity index (χ3v) is 2.37. The Morgan fingerprint density at radius 2 is 2.19 bits per heavy atom. The van der Waals surface area contributed by atoms with Crippen LogP contribution in [-0.4, -0.2) is 21.4 Å². The molecule has 2 aromatic rings. The SMILES string of the molecule is NCCc1cnn(-c2cccc(O)c2)c1N. The molecule has 5 nitrogen and oxygen atoms in total. The molecule has 0 bridgehead atoms. The number of nitrogens with zero attached hydrogens (tertiary/aromatic N) is 2. The zero-order valence-electron chi connectivity index (χ0n) is 8.80. The van der Waals surface area contributed by atoms with Gasteiger partial charge in [-0.25, -0.2) is 4.68 Å². The van der Waals surface area contributed by atoms with Gasteiger partial charge in [-0.3, -0.25) is 0 Å². The van der Waals surface area contributed by atoms with Gasteiger partial charge in [-0.05, 0) is 25.1 Å². The van der Waals surface area contributed by atoms with Crippen molar-refractivity contribution in [3.05, 3.63) is 36.0 Å². The minimum absolute atomic E-state index is 0.188. The number of nitrogens with two attached hydrogens (primary N) is 2. The van der Waals surface area contributed by atoms with Crippen LogP contribution in [-0.2, 0) is 6.42 Å². The zero-order chi connectivity index (χ0) is 11.5. The molecule has 0 amide bonds. The number of phenolic OH excluding ortho intramolecular Hbond substituents is 1. The smallest absolute Gasteiger partial charge is 0.130 e. The van der Waals surface area contributed by atoms with Crippen molar-refractivity contribution in [3.8, 4) is 11.4 Å². The van der Waals surface area contributed by atoms with E-state index < -0.39 is 0 Å². The lowest BCUT2D eigenvalue weighted by atomic mass is 10.2. The van der Waals surface area contributed by atoms with E-state index in [1.165, 1.54) is 0 Å². The highest BCUT2D eigenvalue weighted by Crippen LogP contribution is 2.20. The summed E-state index contributed by atoms with van der Waals surface area (Å²) in [7, 11) is 0. The Morgan fingerprint density at radius 3 is 2.88 bits per heavy atom. The van der Waals surface area contributed by atoms with Crippen LogP contribution in [0.1, 0.15) is 5.56 Å². The molecule has 0 spiro atoms. The number of rotatable bonds is 3. The maximum atomic E-state index is 9.37. The number of nitrogen functional groups attached to an aromatic ring is 1. The Morgan fingerprint density at radius 1 is 1.38 bits per heavy atom. The molecule has 0 aliphatic heterocycles. The highest BCUT2D eigenvalue weighted by Gasteiger charge is 2.08. The van der Waals surface area contributed by atoms with Crippen molar-refractivity contribution >= 4 is 5.82 Å². The average molecular weight is 218 g/mol. The zero-order valence-corrected chi connectivity index (χ0v) is 8.80. The Hall–Kier alpha value is -2.01. The molecular weight excluding hydrogens is 204 g/mol. The number of hydrogen-bond acceptors (Lipinski definition) is 4. The van der Waals surface area contributed by atoms with Gasteiger partial charge in [0, 0.05) is 11.6 Å². The molecule has 1 aromatic carbocycles. The van der Waals surface area contributed by atoms with Crippen LogP contribution in [0.3, 0.4) is 0 Å². The molecule has 0 saturated heterocycles. The van der Waals surface area contributed by atoms with Crippen LogP contribution >= 0.6 is 0 Å². The lowest BCUT2D eigenvalue weighted by molar-refractivity contribution is 0.475. The molecule has 0 saturated carbocycles. The molecule has 2 rings (SSSR count). The van der Waals surface area contributed by atoms with Gasteiger partial charge in [0.05, 0.1) is 11.9 Å². The summed E-state index contributed by atoms with van der Waals surface area (Å²) in [6.45, 7) is 0.538. The van der Waals surface area contributed by atoms with Crippen LogP contribution in [0.5, 0.6) is 5.75 Å². The second-order valence-electron chi connectivity index (χ2n) is 3.53. The van der Waals surface area contributed by atoms with Crippen molar-refractivity contribution in [1.29, 1.82) is 0 Å². The van der Waals surface area contributed by atoms with Crippen LogP contribution in [0.2, 0.25) is 0 Å². The molecule has 0 unspecified atom stereocenters. The van der Waals surface area contributed by atoms with E-state index in [0.717, 1.165) is 11.3 Å². The van der Waals surface area contributed by atoms with Gasteiger partial charge in [-0.15, -0.1) is 0 Å². The van der Waals surface area contributed by atoms with Crippen molar-refractivity contribution in [2.75, 3.05) is 12.3 Å². The predicted molar refractivity (Wildman–Crippen MR) is 62.4 cm³/mol. The summed E-state index contributed by atoms with van der Waals surface area (Å²) in [5, 5.41) is 13.5. The molecule has 1 aromatic heterocycles. The lowest BCUT2D eigenvalue weighted by Crippen LogP contribution is -2.06. The van der Waals surface area contributed by atoms with Crippen molar-refractivity contribution in [1.82, 2.24) is 9.78 Å². The average Bonchev–Trinajstić information content (AvgIpc) is 2.61. The van der Waals surface area contributed by atoms with Crippen LogP contribution in [0.15, 0.2) is 30.5 Å². The van der Waals surface area contributed by atoms with Gasteiger partial charge in [0.15, 0.2) is 0 Å². The molecule has 5 N–H and O–H groups in total. The minimum atomic E-state index is 0.188. The Balaban J connectivity index is 2.41. The first-order valence-corrected chi connectivity index (χ1v) is 5.04. The van der Waals surface area contributed by atoms with Gasteiger partial charge in [0.25, 0.3) is 0 Å². The van der Waals surface area contributed by atoms with E-state index in [-0.39, 0.29) is 5.75 Å². The van der Waals surface area contributed by atoms with Crippen LogP contribution in [0.25, 0.3) is 5.69 Å². The number of aromatic hydroxyl groups is 1. The molecule has 0 radical (unpaired) electrons. The molecule has 5 heteroatoms. The minimum Gasteiger partial charge on any atom is -0.508 e. The number of anilines is 1. The summed E-state index contributed by atoms with van der Waals surface area (Å²) < 4.78 is 1.59. The van der Waals surface area contributed by atoms with Crippen molar-refractivity contribution in [2.45, 2.75) is 6.42 Å². The highest BCUT2D eigenvalue weighted by molar-refractivity contribution is 5.48. The fourth-order valence-corrected chi connectivity index (χ4v) is 1.57. The van der Waals surface area contributed by atoms with Crippen molar-refractivity contribution in [2.24, 2.45) is 5.73 Å². The summed E-state index contributed by atoms with van der Waals surface area (Å²) in [6, 6.07) is 6.78. The Bertz CT molecular complexity index is 492. The monoisotopic (exact) mass is 218 g/mol. The van der Waals surface area contributed by atoms with Gasteiger partial charge in [-0.2, -0.15) is 5.10 Å². The van der Waals surface area contributed by atoms with E-state index in [2.05, 4.69) is 5.10 Å². The predicted octanol–water partition coefficient (Wildman–Crippen LogP) is 0.661. The fourth-order valence-electron chi connectivity index (χ4n) is 1.57. The second kappa shape index (κ2) is 4.24. The molecule has 0 aliphatic carbocycles. The first-order chi connectivity index (χ1) is 7.72. The van der Waals surface area contributed by atoms with E-state index in [1.54, 1.807) is 29.1 Å². The number of hydrogen-bond donors (Lipinski definition) is 3. The van der Waals surface area contributed by atoms with Crippen LogP contribution in [0.4, 0.5) is 5.82 Å². The van der Waals surface area contributed by atoms with Crippen LogP contribution in [0, 0.1) is 0 Å². The number of benzene rings is 1. The van der Waals surface area contributed by atoms with Gasteiger partial charge >= 0.3 is 0 Å². The fraction of sp³-hybridized carbons (Fsp3) is 0.182. The van der Waals surface area contributed by atoms with Crippen molar-refractivity contribution in [3.63, 3.8) is 0 Å². The maximum absolute atomic E-state index is 9.37.